The summed E-state index contributed by atoms with van der Waals surface area (Å²) in [5.41, 5.74) is 0. The first-order valence-electron chi connectivity index (χ1n) is 31.1. The molecule has 0 heterocycles. The Morgan fingerprint density at radius 2 is 0.679 bits per heavy atom. The van der Waals surface area contributed by atoms with Crippen molar-refractivity contribution < 1.29 is 52.2 Å². The van der Waals surface area contributed by atoms with E-state index in [-0.39, 0.29) is 25.9 Å². The van der Waals surface area contributed by atoms with E-state index in [2.05, 4.69) is 106 Å². The van der Waals surface area contributed by atoms with Gasteiger partial charge in [-0.25, -0.2) is 4.57 Å². The molecule has 0 rings (SSSR count). The maximum Gasteiger partial charge on any atom is 0.472 e. The number of phosphoric acid groups is 1. The zero-order valence-electron chi connectivity index (χ0n) is 49.6. The van der Waals surface area contributed by atoms with Crippen LogP contribution in [0, 0.1) is 0 Å². The summed E-state index contributed by atoms with van der Waals surface area (Å²) in [5.74, 6) is -1.54. The third kappa shape index (κ3) is 57.1. The normalized spacial score (nSPS) is 14.0. The second kappa shape index (κ2) is 59.5. The number of hydrogen-bond acceptors (Lipinski definition) is 10. The summed E-state index contributed by atoms with van der Waals surface area (Å²) in [6, 6.07) is 0. The number of phosphoric ester groups is 1. The lowest BCUT2D eigenvalue weighted by Gasteiger charge is -2.21. The fourth-order valence-electron chi connectivity index (χ4n) is 8.28. The van der Waals surface area contributed by atoms with Gasteiger partial charge in [-0.15, -0.1) is 0 Å². The summed E-state index contributed by atoms with van der Waals surface area (Å²) in [4.78, 5) is 48.7. The predicted molar refractivity (Wildman–Crippen MR) is 325 cm³/mol. The summed E-state index contributed by atoms with van der Waals surface area (Å²) in [6.07, 6.45) is 70.8. The van der Waals surface area contributed by atoms with Crippen LogP contribution in [0.5, 0.6) is 0 Å². The van der Waals surface area contributed by atoms with Gasteiger partial charge in [0.25, 0.3) is 0 Å². The van der Waals surface area contributed by atoms with Gasteiger partial charge < -0.3 is 24.2 Å². The molecule has 11 nitrogen and oxygen atoms in total. The lowest BCUT2D eigenvalue weighted by molar-refractivity contribution is -0.161. The molecule has 448 valence electrons. The molecule has 0 aromatic heterocycles. The van der Waals surface area contributed by atoms with E-state index >= 15 is 0 Å². The highest BCUT2D eigenvalue weighted by Gasteiger charge is 2.28. The molecule has 0 aliphatic rings. The van der Waals surface area contributed by atoms with Gasteiger partial charge >= 0.3 is 25.7 Å². The molecule has 3 unspecified atom stereocenters. The molecule has 0 saturated carbocycles. The lowest BCUT2D eigenvalue weighted by Crippen LogP contribution is -2.30. The zero-order valence-corrected chi connectivity index (χ0v) is 50.5. The molecule has 0 amide bonds. The van der Waals surface area contributed by atoms with Gasteiger partial charge in [0, 0.05) is 19.3 Å². The van der Waals surface area contributed by atoms with E-state index in [1.807, 2.05) is 12.2 Å². The minimum Gasteiger partial charge on any atom is -0.462 e. The predicted octanol–water partition coefficient (Wildman–Crippen LogP) is 18.8. The molecule has 78 heavy (non-hydrogen) atoms. The molecule has 0 aliphatic heterocycles. The first-order chi connectivity index (χ1) is 38.2. The Hall–Kier alpha value is -3.60. The number of unbranched alkanes of at least 4 members (excludes halogenated alkanes) is 24. The average Bonchev–Trinajstić information content (AvgIpc) is 3.43. The fraction of sp³-hybridized carbons (Fsp3) is 0.712. The Balaban J connectivity index is 4.78. The van der Waals surface area contributed by atoms with Crippen molar-refractivity contribution in [2.75, 3.05) is 26.4 Å². The number of allylic oxidation sites excluding steroid dienone is 16. The highest BCUT2D eigenvalue weighted by Crippen LogP contribution is 2.43. The molecule has 0 saturated heterocycles. The smallest absolute Gasteiger partial charge is 0.462 e. The van der Waals surface area contributed by atoms with Crippen LogP contribution in [0.2, 0.25) is 0 Å². The first-order valence-corrected chi connectivity index (χ1v) is 32.6. The summed E-state index contributed by atoms with van der Waals surface area (Å²) in [7, 11) is -4.77. The standard InChI is InChI=1S/C66H113O11P/c1-4-7-10-13-16-19-22-25-28-30-31-33-36-39-42-45-48-51-54-57-66(70)77-63(59-73-64(68)55-52-49-46-43-40-37-34-27-24-21-18-15-12-9-6-3)61-75-78(71,72)74-60-62(58-67)76-65(69)56-53-50-47-44-41-38-35-32-29-26-23-20-17-14-11-8-5-2/h8,11,16-17,19-20,25-26,28-29,31,33,35,38,44,47,62-63,67H,4-7,9-10,12-15,18,21-24,27,30,32,34,36-37,39-43,45-46,48-61H2,1-3H3,(H,71,72)/b11-8-,19-16-,20-17-,28-25-,29-26-,33-31-,38-35-,47-44-. The van der Waals surface area contributed by atoms with Crippen molar-refractivity contribution in [1.82, 2.24) is 0 Å². The average molecular weight is 1110 g/mol. The molecule has 0 aromatic carbocycles. The second-order valence-electron chi connectivity index (χ2n) is 20.5. The van der Waals surface area contributed by atoms with E-state index in [0.717, 1.165) is 103 Å². The molecule has 0 aromatic rings. The molecule has 0 radical (unpaired) electrons. The van der Waals surface area contributed by atoms with Crippen molar-refractivity contribution in [2.45, 2.75) is 277 Å². The minimum absolute atomic E-state index is 0.0949. The lowest BCUT2D eigenvalue weighted by atomic mass is 10.0. The zero-order chi connectivity index (χ0) is 56.9. The summed E-state index contributed by atoms with van der Waals surface area (Å²) in [6.45, 7) is 4.45. The van der Waals surface area contributed by atoms with Gasteiger partial charge in [0.15, 0.2) is 6.10 Å². The highest BCUT2D eigenvalue weighted by atomic mass is 31.2. The van der Waals surface area contributed by atoms with Crippen LogP contribution < -0.4 is 0 Å². The van der Waals surface area contributed by atoms with E-state index in [1.165, 1.54) is 96.3 Å². The maximum absolute atomic E-state index is 12.9. The SMILES string of the molecule is CC/C=C\C/C=C\C/C=C\C/C=C\C/C=C\CCCC(=O)OC(CO)COP(=O)(O)OCC(COC(=O)CCCCCCCCCCCCCCCCC)OC(=O)CCCCCCCC/C=C\C/C=C\C/C=C\CCCCC. The van der Waals surface area contributed by atoms with Crippen LogP contribution in [-0.4, -0.2) is 66.5 Å². The molecule has 0 spiro atoms. The first kappa shape index (κ1) is 74.4. The number of hydrogen-bond donors (Lipinski definition) is 2. The number of aliphatic hydroxyl groups is 1. The quantitative estimate of drug-likeness (QED) is 0.0197. The third-order valence-electron chi connectivity index (χ3n) is 13.0. The van der Waals surface area contributed by atoms with E-state index in [4.69, 9.17) is 23.3 Å². The Bertz CT molecular complexity index is 1680. The Morgan fingerprint density at radius 3 is 1.10 bits per heavy atom. The van der Waals surface area contributed by atoms with Gasteiger partial charge in [0.05, 0.1) is 19.8 Å². The van der Waals surface area contributed by atoms with Crippen molar-refractivity contribution in [3.8, 4) is 0 Å². The number of carbonyl (C=O) groups excluding carboxylic acids is 3. The summed E-state index contributed by atoms with van der Waals surface area (Å²) >= 11 is 0. The highest BCUT2D eigenvalue weighted by molar-refractivity contribution is 7.47. The number of aliphatic hydroxyl groups excluding tert-OH is 1. The largest absolute Gasteiger partial charge is 0.472 e. The van der Waals surface area contributed by atoms with Gasteiger partial charge in [0.1, 0.15) is 12.7 Å². The van der Waals surface area contributed by atoms with Gasteiger partial charge in [-0.3, -0.25) is 23.4 Å². The van der Waals surface area contributed by atoms with E-state index in [9.17, 15) is 28.9 Å². The monoisotopic (exact) mass is 1110 g/mol. The Kier molecular flexibility index (Phi) is 56.8. The molecule has 3 atom stereocenters. The van der Waals surface area contributed by atoms with Crippen LogP contribution in [0.15, 0.2) is 97.2 Å². The van der Waals surface area contributed by atoms with Crippen LogP contribution in [0.4, 0.5) is 0 Å². The van der Waals surface area contributed by atoms with E-state index < -0.39 is 57.8 Å². The van der Waals surface area contributed by atoms with Crippen LogP contribution in [0.1, 0.15) is 265 Å². The van der Waals surface area contributed by atoms with Crippen molar-refractivity contribution in [2.24, 2.45) is 0 Å². The number of rotatable bonds is 57. The van der Waals surface area contributed by atoms with Gasteiger partial charge in [-0.1, -0.05) is 246 Å². The number of ether oxygens (including phenoxy) is 3. The van der Waals surface area contributed by atoms with Crippen LogP contribution in [-0.2, 0) is 42.2 Å². The molecule has 12 heteroatoms. The molecular formula is C66H113O11P. The second-order valence-corrected chi connectivity index (χ2v) is 21.9. The maximum atomic E-state index is 12.9. The van der Waals surface area contributed by atoms with Crippen molar-refractivity contribution in [1.29, 1.82) is 0 Å². The molecule has 0 fully saturated rings. The van der Waals surface area contributed by atoms with Crippen LogP contribution in [0.25, 0.3) is 0 Å². The summed E-state index contributed by atoms with van der Waals surface area (Å²) < 4.78 is 39.6. The van der Waals surface area contributed by atoms with E-state index in [0.29, 0.717) is 25.7 Å². The molecule has 2 N–H and O–H groups in total. The van der Waals surface area contributed by atoms with Crippen molar-refractivity contribution in [3.63, 3.8) is 0 Å². The number of esters is 3. The van der Waals surface area contributed by atoms with Crippen molar-refractivity contribution >= 4 is 25.7 Å². The molecule has 0 aliphatic carbocycles. The fourth-order valence-corrected chi connectivity index (χ4v) is 9.07. The van der Waals surface area contributed by atoms with Gasteiger partial charge in [0.2, 0.25) is 0 Å². The number of carbonyl (C=O) groups is 3. The summed E-state index contributed by atoms with van der Waals surface area (Å²) in [5, 5.41) is 9.83. The molecule has 0 bridgehead atoms. The topological polar surface area (TPSA) is 155 Å². The third-order valence-corrected chi connectivity index (χ3v) is 13.9. The van der Waals surface area contributed by atoms with Crippen molar-refractivity contribution in [3.05, 3.63) is 97.2 Å². The molecular weight excluding hydrogens is 1000 g/mol. The van der Waals surface area contributed by atoms with Crippen LogP contribution in [0.3, 0.4) is 0 Å². The Morgan fingerprint density at radius 1 is 0.372 bits per heavy atom. The Labute approximate surface area is 476 Å². The van der Waals surface area contributed by atoms with Crippen LogP contribution >= 0.6 is 7.82 Å². The van der Waals surface area contributed by atoms with Gasteiger partial charge in [-0.2, -0.15) is 0 Å². The van der Waals surface area contributed by atoms with Gasteiger partial charge in [-0.05, 0) is 96.3 Å². The van der Waals surface area contributed by atoms with E-state index in [1.54, 1.807) is 0 Å². The minimum atomic E-state index is -4.77.